The van der Waals surface area contributed by atoms with Crippen molar-refractivity contribution < 1.29 is 0 Å². The molecule has 1 atom stereocenters. The maximum atomic E-state index is 6.14. The molecule has 0 radical (unpaired) electrons. The van der Waals surface area contributed by atoms with Crippen molar-refractivity contribution in [2.45, 2.75) is 33.2 Å². The van der Waals surface area contributed by atoms with E-state index < -0.39 is 0 Å². The number of halogens is 1. The van der Waals surface area contributed by atoms with Crippen LogP contribution in [0.25, 0.3) is 0 Å². The Morgan fingerprint density at radius 3 is 2.57 bits per heavy atom. The first-order valence-electron chi connectivity index (χ1n) is 5.02. The van der Waals surface area contributed by atoms with Gasteiger partial charge in [-0.3, -0.25) is 0 Å². The van der Waals surface area contributed by atoms with Crippen molar-refractivity contribution in [1.29, 1.82) is 0 Å². The molecule has 0 amide bonds. The molecule has 1 aromatic carbocycles. The van der Waals surface area contributed by atoms with Gasteiger partial charge in [0.2, 0.25) is 0 Å². The standard InChI is InChI=1S/C12H18BrN/c1-8(2)6-12(14)10-7-9(3)4-5-11(10)13/h4-5,7-8,12H,6,14H2,1-3H3. The predicted molar refractivity (Wildman–Crippen MR) is 65.3 cm³/mol. The molecular formula is C12H18BrN. The molecule has 14 heavy (non-hydrogen) atoms. The second-order valence-electron chi connectivity index (χ2n) is 4.26. The van der Waals surface area contributed by atoms with Crippen LogP contribution in [-0.2, 0) is 0 Å². The van der Waals surface area contributed by atoms with Gasteiger partial charge in [-0.05, 0) is 30.9 Å². The first-order chi connectivity index (χ1) is 6.50. The predicted octanol–water partition coefficient (Wildman–Crippen LogP) is 3.80. The Balaban J connectivity index is 2.88. The minimum absolute atomic E-state index is 0.143. The second-order valence-corrected chi connectivity index (χ2v) is 5.12. The summed E-state index contributed by atoms with van der Waals surface area (Å²) in [7, 11) is 0. The molecule has 0 spiro atoms. The normalized spacial score (nSPS) is 13.3. The molecule has 1 nitrogen and oxygen atoms in total. The van der Waals surface area contributed by atoms with Gasteiger partial charge in [-0.2, -0.15) is 0 Å². The Morgan fingerprint density at radius 1 is 1.36 bits per heavy atom. The second kappa shape index (κ2) is 4.94. The highest BCUT2D eigenvalue weighted by Gasteiger charge is 2.11. The summed E-state index contributed by atoms with van der Waals surface area (Å²) in [5.41, 5.74) is 8.62. The topological polar surface area (TPSA) is 26.0 Å². The SMILES string of the molecule is Cc1ccc(Br)c(C(N)CC(C)C)c1. The highest BCUT2D eigenvalue weighted by atomic mass is 79.9. The Labute approximate surface area is 94.8 Å². The van der Waals surface area contributed by atoms with Gasteiger partial charge in [0.25, 0.3) is 0 Å². The van der Waals surface area contributed by atoms with Crippen molar-refractivity contribution in [3.8, 4) is 0 Å². The number of nitrogens with two attached hydrogens (primary N) is 1. The van der Waals surface area contributed by atoms with Gasteiger partial charge in [-0.15, -0.1) is 0 Å². The molecule has 2 heteroatoms. The van der Waals surface area contributed by atoms with E-state index in [9.17, 15) is 0 Å². The molecular weight excluding hydrogens is 238 g/mol. The third-order valence-electron chi connectivity index (χ3n) is 2.28. The van der Waals surface area contributed by atoms with Gasteiger partial charge in [-0.25, -0.2) is 0 Å². The molecule has 0 aliphatic rings. The molecule has 1 rings (SSSR count). The molecule has 0 aliphatic carbocycles. The van der Waals surface area contributed by atoms with Crippen LogP contribution in [0.3, 0.4) is 0 Å². The van der Waals surface area contributed by atoms with E-state index >= 15 is 0 Å². The lowest BCUT2D eigenvalue weighted by atomic mass is 9.97. The summed E-state index contributed by atoms with van der Waals surface area (Å²) in [5.74, 6) is 0.636. The quantitative estimate of drug-likeness (QED) is 0.874. The van der Waals surface area contributed by atoms with Crippen LogP contribution in [0.5, 0.6) is 0 Å². The van der Waals surface area contributed by atoms with E-state index in [1.54, 1.807) is 0 Å². The number of hydrogen-bond donors (Lipinski definition) is 1. The van der Waals surface area contributed by atoms with Crippen LogP contribution >= 0.6 is 15.9 Å². The number of rotatable bonds is 3. The summed E-state index contributed by atoms with van der Waals surface area (Å²) in [5, 5.41) is 0. The summed E-state index contributed by atoms with van der Waals surface area (Å²) in [4.78, 5) is 0. The lowest BCUT2D eigenvalue weighted by Crippen LogP contribution is -2.13. The minimum atomic E-state index is 0.143. The number of benzene rings is 1. The highest BCUT2D eigenvalue weighted by molar-refractivity contribution is 9.10. The number of aryl methyl sites for hydroxylation is 1. The zero-order valence-electron chi connectivity index (χ0n) is 9.05. The van der Waals surface area contributed by atoms with Gasteiger partial charge in [0.1, 0.15) is 0 Å². The van der Waals surface area contributed by atoms with Crippen molar-refractivity contribution in [3.05, 3.63) is 33.8 Å². The van der Waals surface area contributed by atoms with Crippen molar-refractivity contribution in [2.75, 3.05) is 0 Å². The van der Waals surface area contributed by atoms with Gasteiger partial charge in [0.05, 0.1) is 0 Å². The molecule has 1 aromatic rings. The third kappa shape index (κ3) is 3.10. The first-order valence-corrected chi connectivity index (χ1v) is 5.81. The van der Waals surface area contributed by atoms with Gasteiger partial charge >= 0.3 is 0 Å². The molecule has 0 heterocycles. The average molecular weight is 256 g/mol. The summed E-state index contributed by atoms with van der Waals surface area (Å²) in [6, 6.07) is 6.47. The molecule has 0 saturated heterocycles. The lowest BCUT2D eigenvalue weighted by Gasteiger charge is -2.16. The zero-order valence-corrected chi connectivity index (χ0v) is 10.6. The molecule has 0 aromatic heterocycles. The Hall–Kier alpha value is -0.340. The summed E-state index contributed by atoms with van der Waals surface area (Å²) in [6.45, 7) is 6.49. The lowest BCUT2D eigenvalue weighted by molar-refractivity contribution is 0.509. The smallest absolute Gasteiger partial charge is 0.0308 e. The van der Waals surface area contributed by atoms with E-state index in [2.05, 4.69) is 54.9 Å². The van der Waals surface area contributed by atoms with E-state index in [4.69, 9.17) is 5.73 Å². The van der Waals surface area contributed by atoms with Crippen molar-refractivity contribution >= 4 is 15.9 Å². The van der Waals surface area contributed by atoms with Crippen molar-refractivity contribution in [3.63, 3.8) is 0 Å². The molecule has 0 fully saturated rings. The van der Waals surface area contributed by atoms with Crippen LogP contribution < -0.4 is 5.73 Å². The highest BCUT2D eigenvalue weighted by Crippen LogP contribution is 2.27. The van der Waals surface area contributed by atoms with Crippen molar-refractivity contribution in [2.24, 2.45) is 11.7 Å². The number of hydrogen-bond acceptors (Lipinski definition) is 1. The van der Waals surface area contributed by atoms with Crippen LogP contribution in [0.1, 0.15) is 37.4 Å². The zero-order chi connectivity index (χ0) is 10.7. The molecule has 0 saturated carbocycles. The van der Waals surface area contributed by atoms with Crippen LogP contribution in [0.15, 0.2) is 22.7 Å². The third-order valence-corrected chi connectivity index (χ3v) is 3.00. The molecule has 0 aliphatic heterocycles. The molecule has 2 N–H and O–H groups in total. The van der Waals surface area contributed by atoms with Gasteiger partial charge in [-0.1, -0.05) is 47.5 Å². The van der Waals surface area contributed by atoms with Gasteiger partial charge in [0.15, 0.2) is 0 Å². The van der Waals surface area contributed by atoms with Crippen LogP contribution in [-0.4, -0.2) is 0 Å². The van der Waals surface area contributed by atoms with E-state index in [-0.39, 0.29) is 6.04 Å². The van der Waals surface area contributed by atoms with E-state index in [0.29, 0.717) is 5.92 Å². The minimum Gasteiger partial charge on any atom is -0.324 e. The van der Waals surface area contributed by atoms with Crippen LogP contribution in [0.4, 0.5) is 0 Å². The average Bonchev–Trinajstić information content (AvgIpc) is 2.08. The molecule has 1 unspecified atom stereocenters. The van der Waals surface area contributed by atoms with Crippen LogP contribution in [0, 0.1) is 12.8 Å². The molecule has 78 valence electrons. The monoisotopic (exact) mass is 255 g/mol. The summed E-state index contributed by atoms with van der Waals surface area (Å²) >= 11 is 3.54. The summed E-state index contributed by atoms with van der Waals surface area (Å²) in [6.07, 6.45) is 1.03. The molecule has 0 bridgehead atoms. The van der Waals surface area contributed by atoms with E-state index in [1.165, 1.54) is 11.1 Å². The Morgan fingerprint density at radius 2 is 2.00 bits per heavy atom. The largest absolute Gasteiger partial charge is 0.324 e. The fraction of sp³-hybridized carbons (Fsp3) is 0.500. The Bertz CT molecular complexity index is 307. The van der Waals surface area contributed by atoms with Crippen LogP contribution in [0.2, 0.25) is 0 Å². The maximum absolute atomic E-state index is 6.14. The first kappa shape index (κ1) is 11.7. The van der Waals surface area contributed by atoms with Gasteiger partial charge in [0, 0.05) is 10.5 Å². The maximum Gasteiger partial charge on any atom is 0.0308 e. The Kier molecular flexibility index (Phi) is 4.14. The van der Waals surface area contributed by atoms with E-state index in [0.717, 1.165) is 10.9 Å². The summed E-state index contributed by atoms with van der Waals surface area (Å²) < 4.78 is 1.12. The van der Waals surface area contributed by atoms with E-state index in [1.807, 2.05) is 0 Å². The fourth-order valence-corrected chi connectivity index (χ4v) is 2.12. The van der Waals surface area contributed by atoms with Gasteiger partial charge < -0.3 is 5.73 Å². The fourth-order valence-electron chi connectivity index (χ4n) is 1.58. The van der Waals surface area contributed by atoms with Crippen molar-refractivity contribution in [1.82, 2.24) is 0 Å².